The lowest BCUT2D eigenvalue weighted by molar-refractivity contribution is 0.146. The van der Waals surface area contributed by atoms with Gasteiger partial charge in [-0.3, -0.25) is 0 Å². The minimum absolute atomic E-state index is 0.263. The Morgan fingerprint density at radius 1 is 1.29 bits per heavy atom. The molecule has 0 spiro atoms. The van der Waals surface area contributed by atoms with E-state index in [0.717, 1.165) is 24.2 Å². The molecule has 17 heavy (non-hydrogen) atoms. The van der Waals surface area contributed by atoms with Crippen molar-refractivity contribution in [1.82, 2.24) is 0 Å². The lowest BCUT2D eigenvalue weighted by Crippen LogP contribution is -2.15. The van der Waals surface area contributed by atoms with Gasteiger partial charge >= 0.3 is 0 Å². The summed E-state index contributed by atoms with van der Waals surface area (Å²) in [5.41, 5.74) is 1.42. The summed E-state index contributed by atoms with van der Waals surface area (Å²) in [5, 5.41) is 9.99. The summed E-state index contributed by atoms with van der Waals surface area (Å²) >= 11 is 0. The number of hydrogen-bond acceptors (Lipinski definition) is 2. The second kappa shape index (κ2) is 6.06. The van der Waals surface area contributed by atoms with Crippen LogP contribution in [-0.4, -0.2) is 18.3 Å². The third-order valence-electron chi connectivity index (χ3n) is 2.83. The summed E-state index contributed by atoms with van der Waals surface area (Å²) in [5.74, 6) is 0.852. The van der Waals surface area contributed by atoms with Gasteiger partial charge in [0.25, 0.3) is 0 Å². The molecule has 0 aromatic heterocycles. The Hall–Kier alpha value is -1.02. The molecule has 0 saturated carbocycles. The Morgan fingerprint density at radius 3 is 2.59 bits per heavy atom. The Morgan fingerprint density at radius 2 is 2.00 bits per heavy atom. The van der Waals surface area contributed by atoms with Gasteiger partial charge in [0, 0.05) is 0 Å². The zero-order valence-corrected chi connectivity index (χ0v) is 11.4. The molecule has 0 saturated heterocycles. The maximum absolute atomic E-state index is 9.99. The number of benzene rings is 1. The maximum Gasteiger partial charge on any atom is 0.119 e. The van der Waals surface area contributed by atoms with Crippen LogP contribution in [0.25, 0.3) is 0 Å². The third kappa shape index (κ3) is 5.73. The molecule has 1 aromatic rings. The Labute approximate surface area is 105 Å². The molecule has 1 atom stereocenters. The first-order valence-electron chi connectivity index (χ1n) is 6.22. The predicted molar refractivity (Wildman–Crippen MR) is 71.4 cm³/mol. The fourth-order valence-corrected chi connectivity index (χ4v) is 1.77. The summed E-state index contributed by atoms with van der Waals surface area (Å²) in [4.78, 5) is 0. The third-order valence-corrected chi connectivity index (χ3v) is 2.83. The van der Waals surface area contributed by atoms with Gasteiger partial charge in [0.1, 0.15) is 5.75 Å². The molecule has 1 N–H and O–H groups in total. The van der Waals surface area contributed by atoms with E-state index >= 15 is 0 Å². The molecule has 1 aromatic carbocycles. The molecule has 0 fully saturated rings. The molecule has 0 radical (unpaired) electrons. The standard InChI is InChI=1S/C15H24O2/c1-15(2,3)9-8-13(16)10-12-6-5-7-14(11-12)17-4/h5-7,11,13,16H,8-10H2,1-4H3. The van der Waals surface area contributed by atoms with Crippen LogP contribution in [0.1, 0.15) is 39.2 Å². The van der Waals surface area contributed by atoms with Crippen LogP contribution >= 0.6 is 0 Å². The molecule has 2 nitrogen and oxygen atoms in total. The van der Waals surface area contributed by atoms with Crippen LogP contribution in [0.5, 0.6) is 5.75 Å². The first-order valence-corrected chi connectivity index (χ1v) is 6.22. The molecule has 96 valence electrons. The Kier molecular flexibility index (Phi) is 5.01. The lowest BCUT2D eigenvalue weighted by Gasteiger charge is -2.20. The highest BCUT2D eigenvalue weighted by molar-refractivity contribution is 5.28. The van der Waals surface area contributed by atoms with Gasteiger partial charge in [-0.1, -0.05) is 32.9 Å². The van der Waals surface area contributed by atoms with Crippen molar-refractivity contribution in [2.45, 2.75) is 46.1 Å². The van der Waals surface area contributed by atoms with Crippen LogP contribution in [0.4, 0.5) is 0 Å². The van der Waals surface area contributed by atoms with Gasteiger partial charge in [0.05, 0.1) is 13.2 Å². The highest BCUT2D eigenvalue weighted by atomic mass is 16.5. The molecular weight excluding hydrogens is 212 g/mol. The largest absolute Gasteiger partial charge is 0.497 e. The second-order valence-corrected chi connectivity index (χ2v) is 5.81. The molecule has 1 rings (SSSR count). The molecule has 0 aliphatic rings. The summed E-state index contributed by atoms with van der Waals surface area (Å²) in [7, 11) is 1.66. The molecule has 0 heterocycles. The minimum atomic E-state index is -0.263. The first kappa shape index (κ1) is 14.0. The van der Waals surface area contributed by atoms with E-state index in [0.29, 0.717) is 6.42 Å². The van der Waals surface area contributed by atoms with Gasteiger partial charge in [-0.15, -0.1) is 0 Å². The number of hydrogen-bond donors (Lipinski definition) is 1. The fraction of sp³-hybridized carbons (Fsp3) is 0.600. The van der Waals surface area contributed by atoms with E-state index in [1.165, 1.54) is 0 Å². The summed E-state index contributed by atoms with van der Waals surface area (Å²) in [6, 6.07) is 7.90. The zero-order valence-electron chi connectivity index (χ0n) is 11.4. The number of methoxy groups -OCH3 is 1. The Balaban J connectivity index is 2.47. The van der Waals surface area contributed by atoms with E-state index < -0.39 is 0 Å². The highest BCUT2D eigenvalue weighted by Gasteiger charge is 2.14. The number of aliphatic hydroxyl groups is 1. The Bertz CT molecular complexity index is 339. The first-order chi connectivity index (χ1) is 7.90. The van der Waals surface area contributed by atoms with Crippen molar-refractivity contribution < 1.29 is 9.84 Å². The fourth-order valence-electron chi connectivity index (χ4n) is 1.77. The minimum Gasteiger partial charge on any atom is -0.497 e. The second-order valence-electron chi connectivity index (χ2n) is 5.81. The summed E-state index contributed by atoms with van der Waals surface area (Å²) in [6.45, 7) is 6.60. The van der Waals surface area contributed by atoms with Gasteiger partial charge in [-0.2, -0.15) is 0 Å². The molecular formula is C15H24O2. The molecule has 0 aliphatic carbocycles. The lowest BCUT2D eigenvalue weighted by atomic mass is 9.88. The van der Waals surface area contributed by atoms with Crippen molar-refractivity contribution >= 4 is 0 Å². The molecule has 0 bridgehead atoms. The molecule has 1 unspecified atom stereocenters. The van der Waals surface area contributed by atoms with Gasteiger partial charge < -0.3 is 9.84 Å². The van der Waals surface area contributed by atoms with Crippen LogP contribution in [0.2, 0.25) is 0 Å². The number of ether oxygens (including phenoxy) is 1. The average molecular weight is 236 g/mol. The smallest absolute Gasteiger partial charge is 0.119 e. The molecule has 0 amide bonds. The van der Waals surface area contributed by atoms with Gasteiger partial charge in [0.2, 0.25) is 0 Å². The van der Waals surface area contributed by atoms with Crippen LogP contribution in [0.3, 0.4) is 0 Å². The van der Waals surface area contributed by atoms with E-state index in [4.69, 9.17) is 4.74 Å². The SMILES string of the molecule is COc1cccc(CC(O)CCC(C)(C)C)c1. The number of rotatable bonds is 5. The van der Waals surface area contributed by atoms with E-state index in [2.05, 4.69) is 20.8 Å². The maximum atomic E-state index is 9.99. The van der Waals surface area contributed by atoms with E-state index in [9.17, 15) is 5.11 Å². The highest BCUT2D eigenvalue weighted by Crippen LogP contribution is 2.23. The van der Waals surface area contributed by atoms with Gasteiger partial charge in [-0.25, -0.2) is 0 Å². The van der Waals surface area contributed by atoms with Crippen molar-refractivity contribution in [2.24, 2.45) is 5.41 Å². The summed E-state index contributed by atoms with van der Waals surface area (Å²) in [6.07, 6.45) is 2.33. The van der Waals surface area contributed by atoms with Crippen molar-refractivity contribution in [3.8, 4) is 5.75 Å². The molecule has 0 aliphatic heterocycles. The topological polar surface area (TPSA) is 29.5 Å². The quantitative estimate of drug-likeness (QED) is 0.848. The van der Waals surface area contributed by atoms with E-state index in [1.807, 2.05) is 24.3 Å². The van der Waals surface area contributed by atoms with Gasteiger partial charge in [-0.05, 0) is 42.4 Å². The van der Waals surface area contributed by atoms with Crippen LogP contribution in [0, 0.1) is 5.41 Å². The van der Waals surface area contributed by atoms with Gasteiger partial charge in [0.15, 0.2) is 0 Å². The normalized spacial score (nSPS) is 13.5. The predicted octanol–water partition coefficient (Wildman–Crippen LogP) is 3.42. The van der Waals surface area contributed by atoms with Crippen molar-refractivity contribution in [1.29, 1.82) is 0 Å². The number of aliphatic hydroxyl groups excluding tert-OH is 1. The summed E-state index contributed by atoms with van der Waals surface area (Å²) < 4.78 is 5.17. The van der Waals surface area contributed by atoms with E-state index in [1.54, 1.807) is 7.11 Å². The van der Waals surface area contributed by atoms with Crippen LogP contribution in [0.15, 0.2) is 24.3 Å². The van der Waals surface area contributed by atoms with Crippen LogP contribution in [-0.2, 0) is 6.42 Å². The van der Waals surface area contributed by atoms with Crippen molar-refractivity contribution in [3.05, 3.63) is 29.8 Å². The monoisotopic (exact) mass is 236 g/mol. The van der Waals surface area contributed by atoms with Crippen molar-refractivity contribution in [3.63, 3.8) is 0 Å². The zero-order chi connectivity index (χ0) is 12.9. The van der Waals surface area contributed by atoms with Crippen LogP contribution < -0.4 is 4.74 Å². The van der Waals surface area contributed by atoms with E-state index in [-0.39, 0.29) is 11.5 Å². The average Bonchev–Trinajstić information content (AvgIpc) is 2.26. The van der Waals surface area contributed by atoms with Crippen molar-refractivity contribution in [2.75, 3.05) is 7.11 Å². The molecule has 2 heteroatoms.